The second kappa shape index (κ2) is 7.26. The average Bonchev–Trinajstić information content (AvgIpc) is 2.84. The molecular weight excluding hydrogens is 362 g/mol. The summed E-state index contributed by atoms with van der Waals surface area (Å²) in [4.78, 5) is 50.2. The molecule has 0 aromatic heterocycles. The van der Waals surface area contributed by atoms with Gasteiger partial charge in [0.05, 0.1) is 0 Å². The first kappa shape index (κ1) is 19.9. The number of esters is 1. The van der Waals surface area contributed by atoms with E-state index in [9.17, 15) is 19.2 Å². The van der Waals surface area contributed by atoms with Crippen molar-refractivity contribution in [2.24, 2.45) is 0 Å². The Hall–Kier alpha value is -2.90. The molecule has 0 unspecified atom stereocenters. The highest BCUT2D eigenvalue weighted by molar-refractivity contribution is 6.09. The van der Waals surface area contributed by atoms with Crippen LogP contribution in [0.25, 0.3) is 0 Å². The smallest absolute Gasteiger partial charge is 0.326 e. The molecule has 1 heterocycles. The minimum absolute atomic E-state index is 0.448. The van der Waals surface area contributed by atoms with Gasteiger partial charge < -0.3 is 15.4 Å². The average molecular weight is 387 g/mol. The highest BCUT2D eigenvalue weighted by atomic mass is 16.5. The van der Waals surface area contributed by atoms with Gasteiger partial charge in [0.25, 0.3) is 11.8 Å². The normalized spacial score (nSPS) is 21.3. The highest BCUT2D eigenvalue weighted by Gasteiger charge is 2.54. The van der Waals surface area contributed by atoms with E-state index in [1.54, 1.807) is 20.8 Å². The van der Waals surface area contributed by atoms with Crippen LogP contribution in [0, 0.1) is 0 Å². The number of carbonyl (C=O) groups excluding carboxylic acids is 4. The van der Waals surface area contributed by atoms with E-state index in [-0.39, 0.29) is 0 Å². The van der Waals surface area contributed by atoms with E-state index in [0.29, 0.717) is 6.42 Å². The van der Waals surface area contributed by atoms with Gasteiger partial charge >= 0.3 is 12.0 Å². The Labute approximate surface area is 163 Å². The number of amides is 4. The molecule has 1 atom stereocenters. The third-order valence-electron chi connectivity index (χ3n) is 4.82. The van der Waals surface area contributed by atoms with Crippen LogP contribution in [0.4, 0.5) is 4.79 Å². The first-order chi connectivity index (χ1) is 13.1. The van der Waals surface area contributed by atoms with Crippen LogP contribution in [0.3, 0.4) is 0 Å². The van der Waals surface area contributed by atoms with Crippen molar-refractivity contribution in [3.63, 3.8) is 0 Å². The van der Waals surface area contributed by atoms with E-state index in [2.05, 4.69) is 10.6 Å². The summed E-state index contributed by atoms with van der Waals surface area (Å²) < 4.78 is 4.93. The molecule has 8 nitrogen and oxygen atoms in total. The zero-order valence-corrected chi connectivity index (χ0v) is 16.3. The van der Waals surface area contributed by atoms with Gasteiger partial charge in [0, 0.05) is 5.54 Å². The third-order valence-corrected chi connectivity index (χ3v) is 4.82. The number of hydrogen-bond acceptors (Lipinski definition) is 5. The Morgan fingerprint density at radius 1 is 1.25 bits per heavy atom. The molecule has 0 saturated carbocycles. The molecule has 150 valence electrons. The quantitative estimate of drug-likeness (QED) is 0.597. The Morgan fingerprint density at radius 3 is 2.68 bits per heavy atom. The summed E-state index contributed by atoms with van der Waals surface area (Å²) in [6.45, 7) is 4.43. The molecule has 1 aliphatic heterocycles. The van der Waals surface area contributed by atoms with Crippen LogP contribution in [0.1, 0.15) is 44.7 Å². The van der Waals surface area contributed by atoms with Crippen LogP contribution in [0.2, 0.25) is 0 Å². The van der Waals surface area contributed by atoms with E-state index < -0.39 is 48.0 Å². The van der Waals surface area contributed by atoms with E-state index in [1.165, 1.54) is 0 Å². The molecule has 1 aromatic rings. The van der Waals surface area contributed by atoms with Crippen LogP contribution in [-0.4, -0.2) is 47.4 Å². The molecule has 2 aliphatic rings. The summed E-state index contributed by atoms with van der Waals surface area (Å²) >= 11 is 0. The van der Waals surface area contributed by atoms with E-state index in [1.807, 2.05) is 24.3 Å². The molecule has 1 aliphatic carbocycles. The molecule has 8 heteroatoms. The number of nitrogens with zero attached hydrogens (tertiary/aromatic N) is 1. The lowest BCUT2D eigenvalue weighted by atomic mass is 9.76. The van der Waals surface area contributed by atoms with Gasteiger partial charge in [-0.15, -0.1) is 0 Å². The third kappa shape index (κ3) is 3.85. The van der Waals surface area contributed by atoms with Gasteiger partial charge in [0.15, 0.2) is 6.61 Å². The number of hydrogen-bond donors (Lipinski definition) is 2. The summed E-state index contributed by atoms with van der Waals surface area (Å²) in [5, 5.41) is 5.44. The topological polar surface area (TPSA) is 105 Å². The van der Waals surface area contributed by atoms with Crippen LogP contribution in [-0.2, 0) is 31.1 Å². The van der Waals surface area contributed by atoms with Crippen LogP contribution >= 0.6 is 0 Å². The van der Waals surface area contributed by atoms with E-state index >= 15 is 0 Å². The zero-order valence-electron chi connectivity index (χ0n) is 16.3. The molecule has 28 heavy (non-hydrogen) atoms. The molecule has 1 saturated heterocycles. The van der Waals surface area contributed by atoms with Crippen molar-refractivity contribution in [1.82, 2.24) is 15.5 Å². The number of carbonyl (C=O) groups is 4. The van der Waals surface area contributed by atoms with Gasteiger partial charge in [0.2, 0.25) is 0 Å². The fourth-order valence-corrected chi connectivity index (χ4v) is 3.73. The standard InChI is InChI=1S/C20H25N3O5/c1-19(2,3)21-15(24)12-28-16(25)11-23-17(26)20(22-18(23)27)10-6-8-13-7-4-5-9-14(13)20/h4-5,7,9H,6,8,10-12H2,1-3H3,(H,21,24)(H,22,27)/t20-/m1/s1. The molecule has 4 amide bonds. The van der Waals surface area contributed by atoms with Crippen molar-refractivity contribution in [2.45, 2.75) is 51.1 Å². The van der Waals surface area contributed by atoms with Crippen molar-refractivity contribution in [3.05, 3.63) is 35.4 Å². The van der Waals surface area contributed by atoms with Crippen molar-refractivity contribution < 1.29 is 23.9 Å². The van der Waals surface area contributed by atoms with Crippen molar-refractivity contribution in [3.8, 4) is 0 Å². The predicted octanol–water partition coefficient (Wildman–Crippen LogP) is 1.23. The number of aryl methyl sites for hydroxylation is 1. The molecule has 2 N–H and O–H groups in total. The number of ether oxygens (including phenoxy) is 1. The summed E-state index contributed by atoms with van der Waals surface area (Å²) in [7, 11) is 0. The number of benzene rings is 1. The Morgan fingerprint density at radius 2 is 1.96 bits per heavy atom. The maximum atomic E-state index is 13.1. The van der Waals surface area contributed by atoms with Gasteiger partial charge in [-0.3, -0.25) is 19.3 Å². The fourth-order valence-electron chi connectivity index (χ4n) is 3.73. The van der Waals surface area contributed by atoms with Crippen molar-refractivity contribution in [1.29, 1.82) is 0 Å². The second-order valence-corrected chi connectivity index (χ2v) is 8.20. The van der Waals surface area contributed by atoms with Crippen molar-refractivity contribution >= 4 is 23.8 Å². The SMILES string of the molecule is CC(C)(C)NC(=O)COC(=O)CN1C(=O)N[C@@]2(CCCc3ccccc32)C1=O. The Balaban J connectivity index is 1.67. The number of imide groups is 1. The maximum absolute atomic E-state index is 13.1. The summed E-state index contributed by atoms with van der Waals surface area (Å²) in [6.07, 6.45) is 2.08. The first-order valence-corrected chi connectivity index (χ1v) is 9.31. The van der Waals surface area contributed by atoms with Crippen LogP contribution < -0.4 is 10.6 Å². The lowest BCUT2D eigenvalue weighted by Gasteiger charge is -2.33. The molecule has 1 fully saturated rings. The minimum atomic E-state index is -1.13. The number of fused-ring (bicyclic) bond motifs is 2. The predicted molar refractivity (Wildman–Crippen MR) is 100 cm³/mol. The van der Waals surface area contributed by atoms with E-state index in [0.717, 1.165) is 28.9 Å². The molecule has 0 bridgehead atoms. The Bertz CT molecular complexity index is 829. The van der Waals surface area contributed by atoms with E-state index in [4.69, 9.17) is 4.74 Å². The molecule has 0 radical (unpaired) electrons. The minimum Gasteiger partial charge on any atom is -0.454 e. The van der Waals surface area contributed by atoms with Crippen molar-refractivity contribution in [2.75, 3.05) is 13.2 Å². The number of nitrogens with one attached hydrogen (secondary N) is 2. The van der Waals surface area contributed by atoms with Gasteiger partial charge in [0.1, 0.15) is 12.1 Å². The largest absolute Gasteiger partial charge is 0.454 e. The van der Waals surface area contributed by atoms with Crippen LogP contribution in [0.15, 0.2) is 24.3 Å². The lowest BCUT2D eigenvalue weighted by Crippen LogP contribution is -2.47. The summed E-state index contributed by atoms with van der Waals surface area (Å²) in [5.74, 6) is -1.72. The molecular formula is C20H25N3O5. The molecule has 3 rings (SSSR count). The van der Waals surface area contributed by atoms with Gasteiger partial charge in [-0.05, 0) is 51.2 Å². The zero-order chi connectivity index (χ0) is 20.5. The lowest BCUT2D eigenvalue weighted by molar-refractivity contribution is -0.151. The second-order valence-electron chi connectivity index (χ2n) is 8.20. The Kier molecular flexibility index (Phi) is 5.14. The van der Waals surface area contributed by atoms with Crippen LogP contribution in [0.5, 0.6) is 0 Å². The van der Waals surface area contributed by atoms with Gasteiger partial charge in [-0.25, -0.2) is 4.79 Å². The monoisotopic (exact) mass is 387 g/mol. The fraction of sp³-hybridized carbons (Fsp3) is 0.500. The van der Waals surface area contributed by atoms with Gasteiger partial charge in [-0.1, -0.05) is 24.3 Å². The summed E-state index contributed by atoms with van der Waals surface area (Å²) in [6, 6.07) is 6.89. The van der Waals surface area contributed by atoms with Gasteiger partial charge in [-0.2, -0.15) is 0 Å². The maximum Gasteiger partial charge on any atom is 0.326 e. The molecule has 1 aromatic carbocycles. The number of urea groups is 1. The highest BCUT2D eigenvalue weighted by Crippen LogP contribution is 2.39. The molecule has 1 spiro atoms. The summed E-state index contributed by atoms with van der Waals surface area (Å²) in [5.41, 5.74) is 0.218. The first-order valence-electron chi connectivity index (χ1n) is 9.31. The number of rotatable bonds is 4.